The summed E-state index contributed by atoms with van der Waals surface area (Å²) in [6.07, 6.45) is 2.84. The largest absolute Gasteiger partial charge is 0.338 e. The van der Waals surface area contributed by atoms with E-state index < -0.39 is 0 Å². The topological polar surface area (TPSA) is 32.3 Å². The van der Waals surface area contributed by atoms with E-state index in [1.54, 1.807) is 0 Å². The van der Waals surface area contributed by atoms with Crippen molar-refractivity contribution in [1.29, 1.82) is 0 Å². The predicted molar refractivity (Wildman–Crippen MR) is 83.8 cm³/mol. The molecule has 2 unspecified atom stereocenters. The Kier molecular flexibility index (Phi) is 7.99. The number of nitrogens with zero attached hydrogens (tertiary/aromatic N) is 1. The lowest BCUT2D eigenvalue weighted by Gasteiger charge is -2.32. The summed E-state index contributed by atoms with van der Waals surface area (Å²) in [5, 5.41) is 3.36. The van der Waals surface area contributed by atoms with Crippen LogP contribution in [-0.4, -0.2) is 36.5 Å². The van der Waals surface area contributed by atoms with Gasteiger partial charge in [0, 0.05) is 25.6 Å². The van der Waals surface area contributed by atoms with Gasteiger partial charge in [-0.25, -0.2) is 0 Å². The number of carbonyl (C=O) groups is 1. The minimum absolute atomic E-state index is 0. The second kappa shape index (κ2) is 8.11. The lowest BCUT2D eigenvalue weighted by molar-refractivity contribution is -0.135. The van der Waals surface area contributed by atoms with E-state index in [-0.39, 0.29) is 17.8 Å². The molecular weight excluding hydrogens is 260 g/mol. The summed E-state index contributed by atoms with van der Waals surface area (Å²) in [5.41, 5.74) is 0.210. The fourth-order valence-corrected chi connectivity index (χ4v) is 2.34. The molecule has 1 aliphatic rings. The molecule has 0 bridgehead atoms. The third-order valence-corrected chi connectivity index (χ3v) is 4.22. The van der Waals surface area contributed by atoms with Gasteiger partial charge in [0.15, 0.2) is 0 Å². The third kappa shape index (κ3) is 5.70. The average Bonchev–Trinajstić information content (AvgIpc) is 2.77. The molecule has 0 aromatic carbocycles. The van der Waals surface area contributed by atoms with Crippen LogP contribution in [0.4, 0.5) is 0 Å². The maximum absolute atomic E-state index is 12.5. The van der Waals surface area contributed by atoms with Crippen LogP contribution in [0.15, 0.2) is 0 Å². The highest BCUT2D eigenvalue weighted by atomic mass is 35.5. The normalized spacial score (nSPS) is 20.8. The Morgan fingerprint density at radius 3 is 2.47 bits per heavy atom. The zero-order chi connectivity index (χ0) is 13.8. The first-order valence-corrected chi connectivity index (χ1v) is 7.36. The van der Waals surface area contributed by atoms with Crippen molar-refractivity contribution >= 4 is 18.3 Å². The van der Waals surface area contributed by atoms with E-state index in [0.29, 0.717) is 24.3 Å². The lowest BCUT2D eigenvalue weighted by Crippen LogP contribution is -2.43. The van der Waals surface area contributed by atoms with Crippen LogP contribution in [0, 0.1) is 11.3 Å². The molecule has 0 spiro atoms. The molecule has 0 radical (unpaired) electrons. The Morgan fingerprint density at radius 1 is 1.42 bits per heavy atom. The van der Waals surface area contributed by atoms with Gasteiger partial charge in [0.2, 0.25) is 5.91 Å². The van der Waals surface area contributed by atoms with Crippen molar-refractivity contribution in [3.63, 3.8) is 0 Å². The Bertz CT molecular complexity index is 270. The Hall–Kier alpha value is -0.280. The average molecular weight is 291 g/mol. The van der Waals surface area contributed by atoms with E-state index >= 15 is 0 Å². The molecule has 19 heavy (non-hydrogen) atoms. The summed E-state index contributed by atoms with van der Waals surface area (Å²) < 4.78 is 0. The molecule has 4 heteroatoms. The van der Waals surface area contributed by atoms with Gasteiger partial charge in [-0.3, -0.25) is 4.79 Å². The molecule has 1 rings (SSSR count). The monoisotopic (exact) mass is 290 g/mol. The van der Waals surface area contributed by atoms with Gasteiger partial charge in [-0.1, -0.05) is 34.6 Å². The summed E-state index contributed by atoms with van der Waals surface area (Å²) >= 11 is 0. The van der Waals surface area contributed by atoms with Gasteiger partial charge in [0.1, 0.15) is 0 Å². The molecule has 0 aliphatic carbocycles. The van der Waals surface area contributed by atoms with Crippen LogP contribution in [0.2, 0.25) is 0 Å². The van der Waals surface area contributed by atoms with Gasteiger partial charge in [-0.15, -0.1) is 12.4 Å². The zero-order valence-electron chi connectivity index (χ0n) is 13.2. The summed E-state index contributed by atoms with van der Waals surface area (Å²) in [6, 6.07) is 0.421. The summed E-state index contributed by atoms with van der Waals surface area (Å²) in [4.78, 5) is 14.6. The molecule has 1 N–H and O–H groups in total. The number of carbonyl (C=O) groups excluding carboxylic acids is 1. The van der Waals surface area contributed by atoms with Crippen molar-refractivity contribution in [3.05, 3.63) is 0 Å². The minimum atomic E-state index is 0. The molecule has 3 nitrogen and oxygen atoms in total. The molecule has 1 fully saturated rings. The van der Waals surface area contributed by atoms with Crippen molar-refractivity contribution in [2.75, 3.05) is 19.6 Å². The van der Waals surface area contributed by atoms with Crippen molar-refractivity contribution in [2.45, 2.75) is 59.9 Å². The van der Waals surface area contributed by atoms with Crippen molar-refractivity contribution in [3.8, 4) is 0 Å². The maximum atomic E-state index is 12.5. The van der Waals surface area contributed by atoms with E-state index in [1.807, 2.05) is 0 Å². The van der Waals surface area contributed by atoms with Crippen LogP contribution in [-0.2, 0) is 4.79 Å². The first-order valence-electron chi connectivity index (χ1n) is 7.36. The van der Waals surface area contributed by atoms with E-state index in [9.17, 15) is 4.79 Å². The molecular formula is C15H31ClN2O. The third-order valence-electron chi connectivity index (χ3n) is 4.22. The van der Waals surface area contributed by atoms with Crippen molar-refractivity contribution in [2.24, 2.45) is 11.3 Å². The van der Waals surface area contributed by atoms with Gasteiger partial charge in [-0.05, 0) is 30.7 Å². The highest BCUT2D eigenvalue weighted by Crippen LogP contribution is 2.29. The van der Waals surface area contributed by atoms with E-state index in [1.165, 1.54) is 0 Å². The number of rotatable bonds is 5. The van der Waals surface area contributed by atoms with Crippen molar-refractivity contribution in [1.82, 2.24) is 10.2 Å². The first-order chi connectivity index (χ1) is 8.36. The highest BCUT2D eigenvalue weighted by molar-refractivity contribution is 5.85. The van der Waals surface area contributed by atoms with Crippen molar-refractivity contribution < 1.29 is 4.79 Å². The zero-order valence-corrected chi connectivity index (χ0v) is 14.0. The number of hydrogen-bond donors (Lipinski definition) is 1. The summed E-state index contributed by atoms with van der Waals surface area (Å²) in [5.74, 6) is 0.770. The SMILES string of the molecule is CCCN(C(=O)CC(C)C(C)(C)C)C1CCNC1.Cl. The fraction of sp³-hybridized carbons (Fsp3) is 0.933. The number of hydrogen-bond acceptors (Lipinski definition) is 2. The quantitative estimate of drug-likeness (QED) is 0.844. The molecule has 2 atom stereocenters. The highest BCUT2D eigenvalue weighted by Gasteiger charge is 2.29. The minimum Gasteiger partial charge on any atom is -0.338 e. The second-order valence-corrected chi connectivity index (χ2v) is 6.70. The summed E-state index contributed by atoms with van der Waals surface area (Å²) in [7, 11) is 0. The van der Waals surface area contributed by atoms with E-state index in [2.05, 4.69) is 44.8 Å². The molecule has 114 valence electrons. The molecule has 1 heterocycles. The smallest absolute Gasteiger partial charge is 0.223 e. The van der Waals surface area contributed by atoms with Crippen LogP contribution in [0.5, 0.6) is 0 Å². The maximum Gasteiger partial charge on any atom is 0.223 e. The first kappa shape index (κ1) is 18.7. The van der Waals surface area contributed by atoms with Crippen LogP contribution in [0.25, 0.3) is 0 Å². The van der Waals surface area contributed by atoms with Crippen LogP contribution >= 0.6 is 12.4 Å². The molecule has 0 aromatic heterocycles. The fourth-order valence-electron chi connectivity index (χ4n) is 2.34. The summed E-state index contributed by atoms with van der Waals surface area (Å²) in [6.45, 7) is 13.9. The number of amides is 1. The van der Waals surface area contributed by atoms with Gasteiger partial charge in [0.05, 0.1) is 0 Å². The van der Waals surface area contributed by atoms with E-state index in [0.717, 1.165) is 32.5 Å². The molecule has 0 saturated carbocycles. The number of nitrogens with one attached hydrogen (secondary N) is 1. The van der Waals surface area contributed by atoms with Gasteiger partial charge in [0.25, 0.3) is 0 Å². The Labute approximate surface area is 124 Å². The molecule has 1 aliphatic heterocycles. The van der Waals surface area contributed by atoms with Crippen LogP contribution in [0.1, 0.15) is 53.9 Å². The number of halogens is 1. The van der Waals surface area contributed by atoms with Crippen LogP contribution < -0.4 is 5.32 Å². The second-order valence-electron chi connectivity index (χ2n) is 6.70. The van der Waals surface area contributed by atoms with Gasteiger partial charge >= 0.3 is 0 Å². The molecule has 1 saturated heterocycles. The van der Waals surface area contributed by atoms with Gasteiger partial charge < -0.3 is 10.2 Å². The standard InChI is InChI=1S/C15H30N2O.ClH/c1-6-9-17(13-7-8-16-11-13)14(18)10-12(2)15(3,4)5;/h12-13,16H,6-11H2,1-5H3;1H. The van der Waals surface area contributed by atoms with Gasteiger partial charge in [-0.2, -0.15) is 0 Å². The van der Waals surface area contributed by atoms with Crippen LogP contribution in [0.3, 0.4) is 0 Å². The molecule has 1 amide bonds. The Balaban J connectivity index is 0.00000324. The van der Waals surface area contributed by atoms with E-state index in [4.69, 9.17) is 0 Å². The Morgan fingerprint density at radius 2 is 2.05 bits per heavy atom. The lowest BCUT2D eigenvalue weighted by atomic mass is 9.80. The molecule has 0 aromatic rings. The predicted octanol–water partition coefficient (Wildman–Crippen LogP) is 3.08.